The highest BCUT2D eigenvalue weighted by molar-refractivity contribution is 6.05. The Morgan fingerprint density at radius 1 is 1.08 bits per heavy atom. The number of nitrogens with one attached hydrogen (secondary N) is 1. The van der Waals surface area contributed by atoms with Gasteiger partial charge in [-0.25, -0.2) is 0 Å². The van der Waals surface area contributed by atoms with Crippen molar-refractivity contribution < 1.29 is 9.59 Å². The van der Waals surface area contributed by atoms with Crippen molar-refractivity contribution in [3.8, 4) is 0 Å². The number of anilines is 1. The minimum Gasteiger partial charge on any atom is -0.349 e. The molecule has 1 unspecified atom stereocenters. The van der Waals surface area contributed by atoms with E-state index in [1.165, 1.54) is 0 Å². The van der Waals surface area contributed by atoms with E-state index in [2.05, 4.69) is 5.32 Å². The molecule has 0 bridgehead atoms. The zero-order valence-corrected chi connectivity index (χ0v) is 14.5. The van der Waals surface area contributed by atoms with Crippen molar-refractivity contribution >= 4 is 17.5 Å². The number of benzene rings is 2. The summed E-state index contributed by atoms with van der Waals surface area (Å²) in [5.41, 5.74) is 2.93. The molecule has 1 atom stereocenters. The summed E-state index contributed by atoms with van der Waals surface area (Å²) in [6.45, 7) is 6.33. The number of rotatable bonds is 6. The van der Waals surface area contributed by atoms with Gasteiger partial charge in [0, 0.05) is 12.2 Å². The maximum absolute atomic E-state index is 12.5. The monoisotopic (exact) mass is 324 g/mol. The lowest BCUT2D eigenvalue weighted by atomic mass is 10.1. The van der Waals surface area contributed by atoms with Crippen LogP contribution in [-0.2, 0) is 9.59 Å². The van der Waals surface area contributed by atoms with Gasteiger partial charge in [0.2, 0.25) is 11.8 Å². The van der Waals surface area contributed by atoms with Crippen LogP contribution in [0.2, 0.25) is 0 Å². The van der Waals surface area contributed by atoms with Crippen LogP contribution in [0.25, 0.3) is 0 Å². The van der Waals surface area contributed by atoms with E-state index >= 15 is 0 Å². The standard InChI is InChI=1S/C20H24N2O2/c1-4-22(18-12-8-9-15(2)13-18)20(24)14-19(23)21-16(3)17-10-6-5-7-11-17/h5-13,16H,4,14H2,1-3H3,(H,21,23). The largest absolute Gasteiger partial charge is 0.349 e. The Bertz CT molecular complexity index is 698. The molecule has 126 valence electrons. The summed E-state index contributed by atoms with van der Waals surface area (Å²) in [7, 11) is 0. The molecular formula is C20H24N2O2. The molecule has 2 aromatic carbocycles. The Morgan fingerprint density at radius 3 is 2.42 bits per heavy atom. The quantitative estimate of drug-likeness (QED) is 0.825. The van der Waals surface area contributed by atoms with Crippen LogP contribution in [0, 0.1) is 6.92 Å². The van der Waals surface area contributed by atoms with Crippen LogP contribution in [0.1, 0.15) is 37.4 Å². The lowest BCUT2D eigenvalue weighted by Gasteiger charge is -2.22. The third kappa shape index (κ3) is 4.69. The van der Waals surface area contributed by atoms with Crippen LogP contribution in [0.4, 0.5) is 5.69 Å². The van der Waals surface area contributed by atoms with Crippen LogP contribution in [0.5, 0.6) is 0 Å². The highest BCUT2D eigenvalue weighted by atomic mass is 16.2. The van der Waals surface area contributed by atoms with Crippen molar-refractivity contribution in [1.29, 1.82) is 0 Å². The minimum atomic E-state index is -0.262. The average molecular weight is 324 g/mol. The van der Waals surface area contributed by atoms with Gasteiger partial charge in [0.1, 0.15) is 6.42 Å². The van der Waals surface area contributed by atoms with Gasteiger partial charge in [-0.05, 0) is 44.0 Å². The zero-order valence-electron chi connectivity index (χ0n) is 14.5. The summed E-state index contributed by atoms with van der Waals surface area (Å²) < 4.78 is 0. The molecule has 0 saturated carbocycles. The van der Waals surface area contributed by atoms with E-state index < -0.39 is 0 Å². The summed E-state index contributed by atoms with van der Waals surface area (Å²) in [5.74, 6) is -0.455. The molecule has 0 aromatic heterocycles. The van der Waals surface area contributed by atoms with Crippen LogP contribution in [0.3, 0.4) is 0 Å². The molecule has 1 N–H and O–H groups in total. The average Bonchev–Trinajstić information content (AvgIpc) is 2.56. The third-order valence-corrected chi connectivity index (χ3v) is 3.92. The second-order valence-electron chi connectivity index (χ2n) is 5.85. The Hall–Kier alpha value is -2.62. The number of carbonyl (C=O) groups excluding carboxylic acids is 2. The molecule has 0 aliphatic heterocycles. The van der Waals surface area contributed by atoms with E-state index in [9.17, 15) is 9.59 Å². The predicted molar refractivity (Wildman–Crippen MR) is 96.8 cm³/mol. The summed E-state index contributed by atoms with van der Waals surface area (Å²) in [4.78, 5) is 26.3. The minimum absolute atomic E-state index is 0.124. The number of amides is 2. The summed E-state index contributed by atoms with van der Waals surface area (Å²) in [6, 6.07) is 17.3. The van der Waals surface area contributed by atoms with Gasteiger partial charge in [-0.1, -0.05) is 42.5 Å². The number of nitrogens with zero attached hydrogens (tertiary/aromatic N) is 1. The summed E-state index contributed by atoms with van der Waals surface area (Å²) in [6.07, 6.45) is -0.154. The van der Waals surface area contributed by atoms with Crippen LogP contribution in [-0.4, -0.2) is 18.4 Å². The van der Waals surface area contributed by atoms with Crippen molar-refractivity contribution in [1.82, 2.24) is 5.32 Å². The molecular weight excluding hydrogens is 300 g/mol. The van der Waals surface area contributed by atoms with Crippen LogP contribution < -0.4 is 10.2 Å². The van der Waals surface area contributed by atoms with Gasteiger partial charge in [-0.2, -0.15) is 0 Å². The van der Waals surface area contributed by atoms with Crippen molar-refractivity contribution in [2.75, 3.05) is 11.4 Å². The topological polar surface area (TPSA) is 49.4 Å². The van der Waals surface area contributed by atoms with Gasteiger partial charge < -0.3 is 10.2 Å². The first-order chi connectivity index (χ1) is 11.5. The SMILES string of the molecule is CCN(C(=O)CC(=O)NC(C)c1ccccc1)c1cccc(C)c1. The molecule has 4 heteroatoms. The van der Waals surface area contributed by atoms with Crippen molar-refractivity contribution in [3.63, 3.8) is 0 Å². The smallest absolute Gasteiger partial charge is 0.236 e. The molecule has 24 heavy (non-hydrogen) atoms. The molecule has 0 aliphatic rings. The zero-order chi connectivity index (χ0) is 17.5. The molecule has 0 fully saturated rings. The Balaban J connectivity index is 1.98. The highest BCUT2D eigenvalue weighted by Crippen LogP contribution is 2.17. The van der Waals surface area contributed by atoms with E-state index in [4.69, 9.17) is 0 Å². The molecule has 2 rings (SSSR count). The molecule has 0 heterocycles. The molecule has 0 saturated heterocycles. The van der Waals surface area contributed by atoms with Gasteiger partial charge in [0.05, 0.1) is 6.04 Å². The Labute approximate surface area is 143 Å². The molecule has 2 aromatic rings. The first-order valence-electron chi connectivity index (χ1n) is 8.22. The van der Waals surface area contributed by atoms with Crippen molar-refractivity contribution in [2.45, 2.75) is 33.2 Å². The highest BCUT2D eigenvalue weighted by Gasteiger charge is 2.19. The first kappa shape index (κ1) is 17.7. The van der Waals surface area contributed by atoms with Gasteiger partial charge in [-0.3, -0.25) is 9.59 Å². The second kappa shape index (κ2) is 8.29. The van der Waals surface area contributed by atoms with Crippen LogP contribution in [0.15, 0.2) is 54.6 Å². The van der Waals surface area contributed by atoms with Crippen molar-refractivity contribution in [2.24, 2.45) is 0 Å². The number of carbonyl (C=O) groups is 2. The fourth-order valence-electron chi connectivity index (χ4n) is 2.65. The first-order valence-corrected chi connectivity index (χ1v) is 8.22. The van der Waals surface area contributed by atoms with Gasteiger partial charge in [0.15, 0.2) is 0 Å². The van der Waals surface area contributed by atoms with Crippen LogP contribution >= 0.6 is 0 Å². The maximum Gasteiger partial charge on any atom is 0.236 e. The molecule has 0 aliphatic carbocycles. The fourth-order valence-corrected chi connectivity index (χ4v) is 2.65. The summed E-state index contributed by atoms with van der Waals surface area (Å²) >= 11 is 0. The van der Waals surface area contributed by atoms with Gasteiger partial charge in [-0.15, -0.1) is 0 Å². The van der Waals surface area contributed by atoms with E-state index in [0.717, 1.165) is 16.8 Å². The normalized spacial score (nSPS) is 11.6. The predicted octanol–water partition coefficient (Wildman–Crippen LogP) is 3.62. The molecule has 2 amide bonds. The number of hydrogen-bond acceptors (Lipinski definition) is 2. The number of hydrogen-bond donors (Lipinski definition) is 1. The second-order valence-corrected chi connectivity index (χ2v) is 5.85. The Morgan fingerprint density at radius 2 is 1.79 bits per heavy atom. The van der Waals surface area contributed by atoms with E-state index in [1.54, 1.807) is 4.90 Å². The number of aryl methyl sites for hydroxylation is 1. The van der Waals surface area contributed by atoms with E-state index in [0.29, 0.717) is 6.54 Å². The van der Waals surface area contributed by atoms with Gasteiger partial charge >= 0.3 is 0 Å². The fraction of sp³-hybridized carbons (Fsp3) is 0.300. The van der Waals surface area contributed by atoms with Crippen molar-refractivity contribution in [3.05, 3.63) is 65.7 Å². The van der Waals surface area contributed by atoms with E-state index in [-0.39, 0.29) is 24.3 Å². The van der Waals surface area contributed by atoms with Gasteiger partial charge in [0.25, 0.3) is 0 Å². The lowest BCUT2D eigenvalue weighted by molar-refractivity contribution is -0.128. The molecule has 4 nitrogen and oxygen atoms in total. The third-order valence-electron chi connectivity index (χ3n) is 3.92. The molecule has 0 spiro atoms. The maximum atomic E-state index is 12.5. The Kier molecular flexibility index (Phi) is 6.13. The lowest BCUT2D eigenvalue weighted by Crippen LogP contribution is -2.36. The molecule has 0 radical (unpaired) electrons. The summed E-state index contributed by atoms with van der Waals surface area (Å²) in [5, 5.41) is 2.88. The van der Waals surface area contributed by atoms with E-state index in [1.807, 2.05) is 75.4 Å².